The van der Waals surface area contributed by atoms with Crippen LogP contribution >= 0.6 is 0 Å². The molecule has 1 aromatic heterocycles. The molecule has 17 heavy (non-hydrogen) atoms. The summed E-state index contributed by atoms with van der Waals surface area (Å²) in [4.78, 5) is 11.9. The van der Waals surface area contributed by atoms with E-state index in [0.29, 0.717) is 12.1 Å². The number of rotatable bonds is 1. The van der Waals surface area contributed by atoms with E-state index in [-0.39, 0.29) is 21.9 Å². The molecule has 0 unspecified atom stereocenters. The molecular weight excluding hydrogens is 224 g/mol. The second-order valence-corrected chi connectivity index (χ2v) is 4.12. The van der Waals surface area contributed by atoms with Crippen LogP contribution in [0.25, 0.3) is 10.9 Å². The Morgan fingerprint density at radius 3 is 2.53 bits per heavy atom. The van der Waals surface area contributed by atoms with Crippen molar-refractivity contribution in [3.8, 4) is 0 Å². The highest BCUT2D eigenvalue weighted by molar-refractivity contribution is 5.81. The normalized spacial score (nSPS) is 11.1. The number of nitrogens with zero attached hydrogens (tertiary/aromatic N) is 1. The lowest BCUT2D eigenvalue weighted by atomic mass is 10.1. The fourth-order valence-corrected chi connectivity index (χ4v) is 1.98. The molecular formula is C13H13F2NO. The first-order valence-electron chi connectivity index (χ1n) is 5.45. The van der Waals surface area contributed by atoms with Crippen LogP contribution in [0.4, 0.5) is 8.78 Å². The van der Waals surface area contributed by atoms with Crippen LogP contribution in [0.2, 0.25) is 0 Å². The van der Waals surface area contributed by atoms with E-state index in [2.05, 4.69) is 0 Å². The molecule has 2 aromatic rings. The number of hydrogen-bond acceptors (Lipinski definition) is 1. The van der Waals surface area contributed by atoms with Gasteiger partial charge in [0.15, 0.2) is 11.2 Å². The third-order valence-electron chi connectivity index (χ3n) is 3.00. The highest BCUT2D eigenvalue weighted by Crippen LogP contribution is 2.22. The Kier molecular flexibility index (Phi) is 2.73. The molecule has 0 aliphatic rings. The SMILES string of the molecule is CCn1cc(C)c(=O)c2cc(F)c(C)c(F)c21. The molecule has 2 rings (SSSR count). The van der Waals surface area contributed by atoms with Crippen LogP contribution in [0.1, 0.15) is 18.1 Å². The van der Waals surface area contributed by atoms with Crippen molar-refractivity contribution in [2.75, 3.05) is 0 Å². The molecule has 0 bridgehead atoms. The Hall–Kier alpha value is -1.71. The van der Waals surface area contributed by atoms with Gasteiger partial charge in [-0.15, -0.1) is 0 Å². The average Bonchev–Trinajstić information content (AvgIpc) is 2.31. The van der Waals surface area contributed by atoms with Gasteiger partial charge in [-0.25, -0.2) is 8.78 Å². The largest absolute Gasteiger partial charge is 0.345 e. The summed E-state index contributed by atoms with van der Waals surface area (Å²) in [6.45, 7) is 5.39. The summed E-state index contributed by atoms with van der Waals surface area (Å²) in [6, 6.07) is 1.12. The Labute approximate surface area is 97.5 Å². The van der Waals surface area contributed by atoms with Gasteiger partial charge in [0.2, 0.25) is 0 Å². The molecule has 0 fully saturated rings. The lowest BCUT2D eigenvalue weighted by Crippen LogP contribution is -2.14. The standard InChI is InChI=1S/C13H13F2NO/c1-4-16-6-7(2)13(17)9-5-10(14)8(3)11(15)12(9)16/h5-6H,4H2,1-3H3. The number of hydrogen-bond donors (Lipinski definition) is 0. The predicted molar refractivity (Wildman–Crippen MR) is 63.3 cm³/mol. The van der Waals surface area contributed by atoms with Crippen molar-refractivity contribution >= 4 is 10.9 Å². The maximum Gasteiger partial charge on any atom is 0.192 e. The van der Waals surface area contributed by atoms with Crippen molar-refractivity contribution in [2.45, 2.75) is 27.3 Å². The Morgan fingerprint density at radius 2 is 1.94 bits per heavy atom. The number of halogens is 2. The average molecular weight is 237 g/mol. The minimum atomic E-state index is -0.680. The van der Waals surface area contributed by atoms with Crippen molar-refractivity contribution in [3.05, 3.63) is 45.2 Å². The van der Waals surface area contributed by atoms with Gasteiger partial charge in [-0.3, -0.25) is 4.79 Å². The summed E-state index contributed by atoms with van der Waals surface area (Å²) in [6.07, 6.45) is 1.60. The van der Waals surface area contributed by atoms with Crippen molar-refractivity contribution < 1.29 is 8.78 Å². The minimum Gasteiger partial charge on any atom is -0.345 e. The van der Waals surface area contributed by atoms with E-state index in [4.69, 9.17) is 0 Å². The molecule has 0 aliphatic heterocycles. The van der Waals surface area contributed by atoms with Gasteiger partial charge in [-0.2, -0.15) is 0 Å². The van der Waals surface area contributed by atoms with Crippen molar-refractivity contribution in [1.82, 2.24) is 4.57 Å². The second kappa shape index (κ2) is 3.95. The lowest BCUT2D eigenvalue weighted by Gasteiger charge is -2.12. The van der Waals surface area contributed by atoms with Gasteiger partial charge in [0.1, 0.15) is 5.82 Å². The van der Waals surface area contributed by atoms with E-state index in [1.54, 1.807) is 17.7 Å². The van der Waals surface area contributed by atoms with Crippen LogP contribution in [0.15, 0.2) is 17.1 Å². The molecule has 0 aliphatic carbocycles. The lowest BCUT2D eigenvalue weighted by molar-refractivity contribution is 0.569. The zero-order valence-electron chi connectivity index (χ0n) is 9.97. The molecule has 0 amide bonds. The maximum atomic E-state index is 14.0. The number of aryl methyl sites for hydroxylation is 2. The van der Waals surface area contributed by atoms with E-state index in [1.807, 2.05) is 6.92 Å². The molecule has 90 valence electrons. The van der Waals surface area contributed by atoms with Gasteiger partial charge in [-0.1, -0.05) is 0 Å². The summed E-state index contributed by atoms with van der Waals surface area (Å²) in [5.74, 6) is -1.33. The third kappa shape index (κ3) is 1.64. The Bertz CT molecular complexity index is 659. The Morgan fingerprint density at radius 1 is 1.29 bits per heavy atom. The van der Waals surface area contributed by atoms with Gasteiger partial charge in [0.25, 0.3) is 0 Å². The summed E-state index contributed by atoms with van der Waals surface area (Å²) in [5, 5.41) is 0.104. The second-order valence-electron chi connectivity index (χ2n) is 4.12. The Balaban J connectivity index is 3.09. The fraction of sp³-hybridized carbons (Fsp3) is 0.308. The first-order valence-corrected chi connectivity index (χ1v) is 5.45. The van der Waals surface area contributed by atoms with Gasteiger partial charge in [-0.05, 0) is 26.8 Å². The number of benzene rings is 1. The third-order valence-corrected chi connectivity index (χ3v) is 3.00. The molecule has 0 spiro atoms. The highest BCUT2D eigenvalue weighted by atomic mass is 19.1. The summed E-state index contributed by atoms with van der Waals surface area (Å²) in [7, 11) is 0. The minimum absolute atomic E-state index is 0.0528. The van der Waals surface area contributed by atoms with Crippen molar-refractivity contribution in [3.63, 3.8) is 0 Å². The van der Waals surface area contributed by atoms with Gasteiger partial charge in [0, 0.05) is 23.9 Å². The first-order chi connectivity index (χ1) is 7.97. The maximum absolute atomic E-state index is 14.0. The molecule has 4 heteroatoms. The van der Waals surface area contributed by atoms with Crippen molar-refractivity contribution in [2.24, 2.45) is 0 Å². The quantitative estimate of drug-likeness (QED) is 0.747. The van der Waals surface area contributed by atoms with Crippen LogP contribution in [-0.4, -0.2) is 4.57 Å². The molecule has 0 atom stereocenters. The molecule has 1 aromatic carbocycles. The molecule has 1 heterocycles. The van der Waals surface area contributed by atoms with E-state index in [0.717, 1.165) is 6.07 Å². The van der Waals surface area contributed by atoms with Crippen LogP contribution in [-0.2, 0) is 6.54 Å². The number of pyridine rings is 1. The number of aromatic nitrogens is 1. The van der Waals surface area contributed by atoms with Crippen LogP contribution in [0, 0.1) is 25.5 Å². The summed E-state index contributed by atoms with van der Waals surface area (Å²) >= 11 is 0. The smallest absolute Gasteiger partial charge is 0.192 e. The molecule has 0 saturated carbocycles. The zero-order chi connectivity index (χ0) is 12.7. The number of fused-ring (bicyclic) bond motifs is 1. The summed E-state index contributed by atoms with van der Waals surface area (Å²) in [5.41, 5.74) is 0.300. The van der Waals surface area contributed by atoms with E-state index in [1.165, 1.54) is 6.92 Å². The first kappa shape index (κ1) is 11.8. The van der Waals surface area contributed by atoms with Crippen LogP contribution < -0.4 is 5.43 Å². The molecule has 0 radical (unpaired) electrons. The highest BCUT2D eigenvalue weighted by Gasteiger charge is 2.15. The zero-order valence-corrected chi connectivity index (χ0v) is 9.97. The van der Waals surface area contributed by atoms with E-state index >= 15 is 0 Å². The molecule has 0 N–H and O–H groups in total. The van der Waals surface area contributed by atoms with E-state index in [9.17, 15) is 13.6 Å². The van der Waals surface area contributed by atoms with E-state index < -0.39 is 11.6 Å². The van der Waals surface area contributed by atoms with Gasteiger partial charge >= 0.3 is 0 Å². The van der Waals surface area contributed by atoms with Gasteiger partial charge in [0.05, 0.1) is 10.9 Å². The molecule has 0 saturated heterocycles. The van der Waals surface area contributed by atoms with Crippen molar-refractivity contribution in [1.29, 1.82) is 0 Å². The van der Waals surface area contributed by atoms with Crippen LogP contribution in [0.3, 0.4) is 0 Å². The molecule has 2 nitrogen and oxygen atoms in total. The fourth-order valence-electron chi connectivity index (χ4n) is 1.98. The van der Waals surface area contributed by atoms with Crippen LogP contribution in [0.5, 0.6) is 0 Å². The monoisotopic (exact) mass is 237 g/mol. The topological polar surface area (TPSA) is 22.0 Å². The van der Waals surface area contributed by atoms with Gasteiger partial charge < -0.3 is 4.57 Å². The predicted octanol–water partition coefficient (Wildman–Crippen LogP) is 2.92. The summed E-state index contributed by atoms with van der Waals surface area (Å²) < 4.78 is 29.1.